The van der Waals surface area contributed by atoms with Crippen LogP contribution in [0.5, 0.6) is 5.75 Å². The Morgan fingerprint density at radius 2 is 2.27 bits per heavy atom. The van der Waals surface area contributed by atoms with Crippen LogP contribution >= 0.6 is 15.9 Å². The van der Waals surface area contributed by atoms with Gasteiger partial charge in [-0.25, -0.2) is 0 Å². The third-order valence-corrected chi connectivity index (χ3v) is 2.39. The summed E-state index contributed by atoms with van der Waals surface area (Å²) in [5.41, 5.74) is 0.707. The van der Waals surface area contributed by atoms with Crippen molar-refractivity contribution in [3.63, 3.8) is 0 Å². The maximum absolute atomic E-state index is 11.2. The number of benzene rings is 1. The average molecular weight is 270 g/mol. The average Bonchev–Trinajstić information content (AvgIpc) is 2.21. The van der Waals surface area contributed by atoms with Gasteiger partial charge in [-0.2, -0.15) is 0 Å². The predicted octanol–water partition coefficient (Wildman–Crippen LogP) is 2.97. The molecule has 0 bridgehead atoms. The van der Waals surface area contributed by atoms with Crippen LogP contribution in [0.15, 0.2) is 34.8 Å². The lowest BCUT2D eigenvalue weighted by Gasteiger charge is -2.06. The minimum absolute atomic E-state index is 0.151. The number of ether oxygens (including phenoxy) is 1. The number of nitrogens with one attached hydrogen (secondary N) is 1. The zero-order valence-corrected chi connectivity index (χ0v) is 10.2. The monoisotopic (exact) mass is 269 g/mol. The molecule has 0 fully saturated rings. The molecule has 80 valence electrons. The Labute approximate surface area is 97.3 Å². The Balaban J connectivity index is 2.83. The largest absolute Gasteiger partial charge is 0.495 e. The van der Waals surface area contributed by atoms with Gasteiger partial charge in [0.2, 0.25) is 5.91 Å². The number of rotatable bonds is 3. The van der Waals surface area contributed by atoms with Crippen LogP contribution in [-0.2, 0) is 4.79 Å². The number of hydrogen-bond acceptors (Lipinski definition) is 2. The molecule has 0 unspecified atom stereocenters. The summed E-state index contributed by atoms with van der Waals surface area (Å²) in [5, 5.41) is 2.72. The summed E-state index contributed by atoms with van der Waals surface area (Å²) in [6.07, 6.45) is 3.15. The molecule has 0 atom stereocenters. The summed E-state index contributed by atoms with van der Waals surface area (Å²) in [6, 6.07) is 5.38. The number of allylic oxidation sites excluding steroid dienone is 1. The van der Waals surface area contributed by atoms with Crippen LogP contribution in [0.25, 0.3) is 0 Å². The molecule has 1 aromatic carbocycles. The summed E-state index contributed by atoms with van der Waals surface area (Å²) >= 11 is 3.34. The highest BCUT2D eigenvalue weighted by Gasteiger charge is 2.02. The highest BCUT2D eigenvalue weighted by Crippen LogP contribution is 2.27. The summed E-state index contributed by atoms with van der Waals surface area (Å²) in [5.74, 6) is 0.537. The molecule has 1 aromatic rings. The van der Waals surface area contributed by atoms with Crippen molar-refractivity contribution >= 4 is 27.5 Å². The van der Waals surface area contributed by atoms with Gasteiger partial charge in [0.25, 0.3) is 0 Å². The van der Waals surface area contributed by atoms with Gasteiger partial charge >= 0.3 is 0 Å². The third kappa shape index (κ3) is 3.40. The minimum atomic E-state index is -0.151. The number of carbonyl (C=O) groups is 1. The van der Waals surface area contributed by atoms with Crippen LogP contribution in [0.1, 0.15) is 6.92 Å². The fourth-order valence-electron chi connectivity index (χ4n) is 1.07. The maximum atomic E-state index is 11.2. The number of methoxy groups -OCH3 is 1. The van der Waals surface area contributed by atoms with Crippen LogP contribution < -0.4 is 10.1 Å². The lowest BCUT2D eigenvalue weighted by atomic mass is 10.3. The lowest BCUT2D eigenvalue weighted by molar-refractivity contribution is -0.111. The van der Waals surface area contributed by atoms with Crippen molar-refractivity contribution in [1.82, 2.24) is 0 Å². The number of hydrogen-bond donors (Lipinski definition) is 1. The smallest absolute Gasteiger partial charge is 0.248 e. The quantitative estimate of drug-likeness (QED) is 0.857. The molecule has 0 aliphatic carbocycles. The van der Waals surface area contributed by atoms with E-state index in [0.29, 0.717) is 11.4 Å². The number of carbonyl (C=O) groups excluding carboxylic acids is 1. The van der Waals surface area contributed by atoms with Gasteiger partial charge in [0.15, 0.2) is 0 Å². The minimum Gasteiger partial charge on any atom is -0.495 e. The van der Waals surface area contributed by atoms with Crippen molar-refractivity contribution in [3.05, 3.63) is 34.8 Å². The van der Waals surface area contributed by atoms with Gasteiger partial charge in [-0.3, -0.25) is 4.79 Å². The second-order valence-electron chi connectivity index (χ2n) is 2.84. The first kappa shape index (κ1) is 11.8. The Bertz CT molecular complexity index is 388. The number of halogens is 1. The van der Waals surface area contributed by atoms with Crippen molar-refractivity contribution in [2.45, 2.75) is 6.92 Å². The molecule has 0 saturated carbocycles. The molecule has 4 heteroatoms. The molecule has 0 radical (unpaired) electrons. The van der Waals surface area contributed by atoms with E-state index in [9.17, 15) is 4.79 Å². The fraction of sp³-hybridized carbons (Fsp3) is 0.182. The maximum Gasteiger partial charge on any atom is 0.248 e. The SMILES string of the molecule is C/C=C/C(=O)Nc1ccc(Br)c(OC)c1. The molecule has 1 rings (SSSR count). The lowest BCUT2D eigenvalue weighted by Crippen LogP contribution is -2.07. The molecule has 0 spiro atoms. The van der Waals surface area contributed by atoms with Gasteiger partial charge in [-0.05, 0) is 41.1 Å². The van der Waals surface area contributed by atoms with Crippen LogP contribution in [0.2, 0.25) is 0 Å². The van der Waals surface area contributed by atoms with E-state index < -0.39 is 0 Å². The van der Waals surface area contributed by atoms with Gasteiger partial charge in [0.1, 0.15) is 5.75 Å². The standard InChI is InChI=1S/C11H12BrNO2/c1-3-4-11(14)13-8-5-6-9(12)10(7-8)15-2/h3-7H,1-2H3,(H,13,14)/b4-3+. The van der Waals surface area contributed by atoms with E-state index in [1.165, 1.54) is 6.08 Å². The van der Waals surface area contributed by atoms with Crippen molar-refractivity contribution in [3.8, 4) is 5.75 Å². The zero-order chi connectivity index (χ0) is 11.3. The molecule has 1 N–H and O–H groups in total. The van der Waals surface area contributed by atoms with E-state index in [1.54, 1.807) is 32.2 Å². The molecule has 3 nitrogen and oxygen atoms in total. The van der Waals surface area contributed by atoms with Crippen molar-refractivity contribution in [2.75, 3.05) is 12.4 Å². The summed E-state index contributed by atoms with van der Waals surface area (Å²) < 4.78 is 5.97. The van der Waals surface area contributed by atoms with E-state index in [0.717, 1.165) is 4.47 Å². The zero-order valence-electron chi connectivity index (χ0n) is 8.58. The van der Waals surface area contributed by atoms with E-state index >= 15 is 0 Å². The second-order valence-corrected chi connectivity index (χ2v) is 3.69. The van der Waals surface area contributed by atoms with Gasteiger partial charge in [-0.15, -0.1) is 0 Å². The molecule has 1 amide bonds. The number of anilines is 1. The van der Waals surface area contributed by atoms with Crippen LogP contribution in [-0.4, -0.2) is 13.0 Å². The predicted molar refractivity (Wildman–Crippen MR) is 64.1 cm³/mol. The first-order chi connectivity index (χ1) is 7.17. The molecule has 0 heterocycles. The van der Waals surface area contributed by atoms with Gasteiger partial charge < -0.3 is 10.1 Å². The highest BCUT2D eigenvalue weighted by molar-refractivity contribution is 9.10. The molecule has 0 aromatic heterocycles. The first-order valence-electron chi connectivity index (χ1n) is 4.44. The van der Waals surface area contributed by atoms with E-state index in [2.05, 4.69) is 21.2 Å². The normalized spacial score (nSPS) is 10.3. The van der Waals surface area contributed by atoms with Crippen LogP contribution in [0, 0.1) is 0 Å². The molecule has 0 saturated heterocycles. The van der Waals surface area contributed by atoms with Crippen LogP contribution in [0.3, 0.4) is 0 Å². The summed E-state index contributed by atoms with van der Waals surface area (Å²) in [6.45, 7) is 1.79. The van der Waals surface area contributed by atoms with Crippen molar-refractivity contribution < 1.29 is 9.53 Å². The van der Waals surface area contributed by atoms with E-state index in [-0.39, 0.29) is 5.91 Å². The topological polar surface area (TPSA) is 38.3 Å². The third-order valence-electron chi connectivity index (χ3n) is 1.74. The van der Waals surface area contributed by atoms with E-state index in [1.807, 2.05) is 6.07 Å². The van der Waals surface area contributed by atoms with E-state index in [4.69, 9.17) is 4.74 Å². The molecule has 15 heavy (non-hydrogen) atoms. The molecular formula is C11H12BrNO2. The molecular weight excluding hydrogens is 258 g/mol. The van der Waals surface area contributed by atoms with Gasteiger partial charge in [0.05, 0.1) is 11.6 Å². The van der Waals surface area contributed by atoms with Gasteiger partial charge in [-0.1, -0.05) is 6.08 Å². The van der Waals surface area contributed by atoms with Crippen molar-refractivity contribution in [2.24, 2.45) is 0 Å². The molecule has 0 aliphatic rings. The summed E-state index contributed by atoms with van der Waals surface area (Å²) in [4.78, 5) is 11.2. The summed E-state index contributed by atoms with van der Waals surface area (Å²) in [7, 11) is 1.58. The van der Waals surface area contributed by atoms with Crippen LogP contribution in [0.4, 0.5) is 5.69 Å². The first-order valence-corrected chi connectivity index (χ1v) is 5.24. The van der Waals surface area contributed by atoms with Crippen molar-refractivity contribution in [1.29, 1.82) is 0 Å². The number of amides is 1. The Morgan fingerprint density at radius 1 is 1.53 bits per heavy atom. The highest BCUT2D eigenvalue weighted by atomic mass is 79.9. The Morgan fingerprint density at radius 3 is 2.87 bits per heavy atom. The molecule has 0 aliphatic heterocycles. The fourth-order valence-corrected chi connectivity index (χ4v) is 1.48. The second kappa shape index (κ2) is 5.56. The Hall–Kier alpha value is -1.29. The Kier molecular flexibility index (Phi) is 4.37. The van der Waals surface area contributed by atoms with Gasteiger partial charge in [0, 0.05) is 11.8 Å².